The van der Waals surface area contributed by atoms with Crippen LogP contribution in [0.15, 0.2) is 30.3 Å². The van der Waals surface area contributed by atoms with Crippen LogP contribution < -0.4 is 19.7 Å². The van der Waals surface area contributed by atoms with Crippen molar-refractivity contribution in [2.45, 2.75) is 32.6 Å². The summed E-state index contributed by atoms with van der Waals surface area (Å²) in [6, 6.07) is 8.94. The molecule has 1 saturated heterocycles. The predicted octanol–water partition coefficient (Wildman–Crippen LogP) is 3.19. The number of hydrogen-bond acceptors (Lipinski definition) is 6. The van der Waals surface area contributed by atoms with Gasteiger partial charge in [-0.15, -0.1) is 0 Å². The van der Waals surface area contributed by atoms with Gasteiger partial charge in [0, 0.05) is 36.6 Å². The maximum Gasteiger partial charge on any atom is 0.262 e. The number of methoxy groups -OCH3 is 1. The number of nitrogens with zero attached hydrogens (tertiary/aromatic N) is 3. The minimum absolute atomic E-state index is 0.118. The first-order valence-electron chi connectivity index (χ1n) is 9.31. The lowest BCUT2D eigenvalue weighted by Crippen LogP contribution is -2.26. The summed E-state index contributed by atoms with van der Waals surface area (Å²) in [5.41, 5.74) is 1.49. The predicted molar refractivity (Wildman–Crippen MR) is 105 cm³/mol. The maximum absolute atomic E-state index is 12.2. The van der Waals surface area contributed by atoms with Gasteiger partial charge in [0.1, 0.15) is 5.75 Å². The number of carbonyl (C=O) groups is 1. The summed E-state index contributed by atoms with van der Waals surface area (Å²) in [6.07, 6.45) is 4.79. The molecule has 27 heavy (non-hydrogen) atoms. The minimum atomic E-state index is -0.254. The van der Waals surface area contributed by atoms with Gasteiger partial charge in [-0.25, -0.2) is 4.98 Å². The highest BCUT2D eigenvalue weighted by Gasteiger charge is 2.15. The van der Waals surface area contributed by atoms with E-state index in [0.29, 0.717) is 23.3 Å². The first kappa shape index (κ1) is 18.9. The lowest BCUT2D eigenvalue weighted by atomic mass is 10.2. The normalized spacial score (nSPS) is 14.4. The van der Waals surface area contributed by atoms with Gasteiger partial charge in [0.15, 0.2) is 6.61 Å². The highest BCUT2D eigenvalue weighted by molar-refractivity contribution is 5.92. The Labute approximate surface area is 159 Å². The van der Waals surface area contributed by atoms with Crippen LogP contribution in [0.25, 0.3) is 0 Å². The van der Waals surface area contributed by atoms with Crippen LogP contribution in [0.3, 0.4) is 0 Å². The summed E-state index contributed by atoms with van der Waals surface area (Å²) >= 11 is 0. The van der Waals surface area contributed by atoms with Crippen molar-refractivity contribution >= 4 is 17.5 Å². The Hall–Kier alpha value is -2.83. The van der Waals surface area contributed by atoms with Crippen LogP contribution in [0.2, 0.25) is 0 Å². The Kier molecular flexibility index (Phi) is 6.46. The summed E-state index contributed by atoms with van der Waals surface area (Å²) in [5, 5.41) is 2.79. The summed E-state index contributed by atoms with van der Waals surface area (Å²) in [4.78, 5) is 23.4. The van der Waals surface area contributed by atoms with Gasteiger partial charge in [-0.3, -0.25) is 4.79 Å². The molecule has 0 spiro atoms. The zero-order chi connectivity index (χ0) is 19.1. The molecule has 0 unspecified atom stereocenters. The van der Waals surface area contributed by atoms with E-state index >= 15 is 0 Å². The molecule has 1 amide bonds. The molecule has 1 fully saturated rings. The Bertz CT molecular complexity index is 774. The van der Waals surface area contributed by atoms with Gasteiger partial charge in [0.25, 0.3) is 5.91 Å². The van der Waals surface area contributed by atoms with Crippen molar-refractivity contribution in [2.75, 3.05) is 37.0 Å². The molecule has 7 nitrogen and oxygen atoms in total. The topological polar surface area (TPSA) is 76.6 Å². The summed E-state index contributed by atoms with van der Waals surface area (Å²) < 4.78 is 10.8. The van der Waals surface area contributed by atoms with Crippen LogP contribution in [0.1, 0.15) is 31.4 Å². The number of ether oxygens (including phenoxy) is 2. The molecule has 0 bridgehead atoms. The van der Waals surface area contributed by atoms with Crippen molar-refractivity contribution in [3.63, 3.8) is 0 Å². The number of anilines is 2. The van der Waals surface area contributed by atoms with Crippen LogP contribution in [0.4, 0.5) is 11.6 Å². The number of amides is 1. The zero-order valence-corrected chi connectivity index (χ0v) is 15.9. The number of rotatable bonds is 6. The van der Waals surface area contributed by atoms with E-state index in [1.54, 1.807) is 25.3 Å². The van der Waals surface area contributed by atoms with Crippen LogP contribution in [-0.4, -0.2) is 42.7 Å². The van der Waals surface area contributed by atoms with E-state index in [0.717, 1.165) is 31.6 Å². The number of aryl methyl sites for hydroxylation is 1. The number of benzene rings is 1. The number of aromatic nitrogens is 2. The largest absolute Gasteiger partial charge is 0.497 e. The SMILES string of the molecule is COc1cccc(NC(=O)COc2cc(C)nc(N3CCCCCC3)n2)c1. The van der Waals surface area contributed by atoms with Gasteiger partial charge in [-0.05, 0) is 31.9 Å². The minimum Gasteiger partial charge on any atom is -0.497 e. The third-order valence-electron chi connectivity index (χ3n) is 4.41. The van der Waals surface area contributed by atoms with E-state index in [2.05, 4.69) is 20.2 Å². The van der Waals surface area contributed by atoms with E-state index in [9.17, 15) is 4.79 Å². The summed E-state index contributed by atoms with van der Waals surface area (Å²) in [7, 11) is 1.59. The van der Waals surface area contributed by atoms with Crippen LogP contribution in [-0.2, 0) is 4.79 Å². The smallest absolute Gasteiger partial charge is 0.262 e. The molecule has 7 heteroatoms. The monoisotopic (exact) mass is 370 g/mol. The molecule has 1 aromatic carbocycles. The van der Waals surface area contributed by atoms with E-state index in [-0.39, 0.29) is 12.5 Å². The molecule has 1 N–H and O–H groups in total. The molecular weight excluding hydrogens is 344 g/mol. The number of hydrogen-bond donors (Lipinski definition) is 1. The maximum atomic E-state index is 12.2. The fourth-order valence-electron chi connectivity index (χ4n) is 3.05. The van der Waals surface area contributed by atoms with Crippen LogP contribution in [0, 0.1) is 6.92 Å². The first-order valence-corrected chi connectivity index (χ1v) is 9.31. The third kappa shape index (κ3) is 5.57. The molecule has 3 rings (SSSR count). The Morgan fingerprint density at radius 1 is 1.15 bits per heavy atom. The molecule has 1 aliphatic rings. The average molecular weight is 370 g/mol. The molecule has 144 valence electrons. The fourth-order valence-corrected chi connectivity index (χ4v) is 3.05. The van der Waals surface area contributed by atoms with Crippen LogP contribution in [0.5, 0.6) is 11.6 Å². The Morgan fingerprint density at radius 3 is 2.67 bits per heavy atom. The second kappa shape index (κ2) is 9.21. The molecule has 0 aliphatic carbocycles. The fraction of sp³-hybridized carbons (Fsp3) is 0.450. The van der Waals surface area contributed by atoms with E-state index in [1.807, 2.05) is 19.1 Å². The standard InChI is InChI=1S/C20H26N4O3/c1-15-12-19(23-20(21-15)24-10-5-3-4-6-11-24)27-14-18(25)22-16-8-7-9-17(13-16)26-2/h7-9,12-13H,3-6,10-11,14H2,1-2H3,(H,22,25). The lowest BCUT2D eigenvalue weighted by molar-refractivity contribution is -0.118. The lowest BCUT2D eigenvalue weighted by Gasteiger charge is -2.21. The van der Waals surface area contributed by atoms with E-state index < -0.39 is 0 Å². The number of carbonyl (C=O) groups excluding carboxylic acids is 1. The number of nitrogens with one attached hydrogen (secondary N) is 1. The van der Waals surface area contributed by atoms with Crippen LogP contribution >= 0.6 is 0 Å². The molecule has 2 heterocycles. The molecule has 1 aromatic heterocycles. The molecular formula is C20H26N4O3. The van der Waals surface area contributed by atoms with E-state index in [1.165, 1.54) is 12.8 Å². The molecule has 0 radical (unpaired) electrons. The quantitative estimate of drug-likeness (QED) is 0.841. The zero-order valence-electron chi connectivity index (χ0n) is 15.9. The van der Waals surface area contributed by atoms with Gasteiger partial charge >= 0.3 is 0 Å². The van der Waals surface area contributed by atoms with Gasteiger partial charge in [0.2, 0.25) is 11.8 Å². The van der Waals surface area contributed by atoms with Crippen molar-refractivity contribution in [1.29, 1.82) is 0 Å². The Balaban J connectivity index is 1.60. The second-order valence-electron chi connectivity index (χ2n) is 6.62. The first-order chi connectivity index (χ1) is 13.1. The van der Waals surface area contributed by atoms with Crippen molar-refractivity contribution in [3.05, 3.63) is 36.0 Å². The third-order valence-corrected chi connectivity index (χ3v) is 4.41. The van der Waals surface area contributed by atoms with Crippen molar-refractivity contribution in [2.24, 2.45) is 0 Å². The van der Waals surface area contributed by atoms with Crippen molar-refractivity contribution in [3.8, 4) is 11.6 Å². The van der Waals surface area contributed by atoms with Crippen molar-refractivity contribution in [1.82, 2.24) is 9.97 Å². The Morgan fingerprint density at radius 2 is 1.93 bits per heavy atom. The van der Waals surface area contributed by atoms with Gasteiger partial charge in [-0.1, -0.05) is 18.9 Å². The molecule has 0 atom stereocenters. The molecule has 1 aliphatic heterocycles. The van der Waals surface area contributed by atoms with Crippen molar-refractivity contribution < 1.29 is 14.3 Å². The molecule has 2 aromatic rings. The summed E-state index contributed by atoms with van der Waals surface area (Å²) in [6.45, 7) is 3.71. The van der Waals surface area contributed by atoms with Gasteiger partial charge < -0.3 is 19.7 Å². The summed E-state index contributed by atoms with van der Waals surface area (Å²) in [5.74, 6) is 1.53. The molecule has 0 saturated carbocycles. The highest BCUT2D eigenvalue weighted by atomic mass is 16.5. The highest BCUT2D eigenvalue weighted by Crippen LogP contribution is 2.20. The average Bonchev–Trinajstić information content (AvgIpc) is 2.96. The second-order valence-corrected chi connectivity index (χ2v) is 6.62. The van der Waals surface area contributed by atoms with Gasteiger partial charge in [0.05, 0.1) is 7.11 Å². The van der Waals surface area contributed by atoms with Gasteiger partial charge in [-0.2, -0.15) is 4.98 Å². The van der Waals surface area contributed by atoms with E-state index in [4.69, 9.17) is 9.47 Å².